The molecule has 0 aromatic heterocycles. The van der Waals surface area contributed by atoms with Crippen molar-refractivity contribution in [3.63, 3.8) is 0 Å². The molecule has 21 heavy (non-hydrogen) atoms. The van der Waals surface area contributed by atoms with E-state index in [9.17, 15) is 18.0 Å². The van der Waals surface area contributed by atoms with Crippen molar-refractivity contribution < 1.29 is 22.7 Å². The third kappa shape index (κ3) is 6.48. The van der Waals surface area contributed by atoms with E-state index in [2.05, 4.69) is 15.4 Å². The molecule has 0 spiro atoms. The maximum absolute atomic E-state index is 11.9. The first kappa shape index (κ1) is 17.3. The summed E-state index contributed by atoms with van der Waals surface area (Å²) in [6, 6.07) is 5.31. The summed E-state index contributed by atoms with van der Waals surface area (Å²) in [5.74, 6) is -0.328. The van der Waals surface area contributed by atoms with E-state index in [0.29, 0.717) is 5.56 Å². The summed E-state index contributed by atoms with van der Waals surface area (Å²) >= 11 is 0. The predicted octanol–water partition coefficient (Wildman–Crippen LogP) is 2.74. The van der Waals surface area contributed by atoms with E-state index < -0.39 is 12.8 Å². The second kappa shape index (κ2) is 7.87. The fourth-order valence-corrected chi connectivity index (χ4v) is 1.75. The van der Waals surface area contributed by atoms with Crippen LogP contribution in [0.4, 0.5) is 18.9 Å². The van der Waals surface area contributed by atoms with Gasteiger partial charge < -0.3 is 15.4 Å². The van der Waals surface area contributed by atoms with Crippen molar-refractivity contribution in [1.82, 2.24) is 5.32 Å². The monoisotopic (exact) mass is 304 g/mol. The number of nitrogens with one attached hydrogen (secondary N) is 2. The smallest absolute Gasteiger partial charge is 0.385 e. The molecule has 0 aliphatic carbocycles. The summed E-state index contributed by atoms with van der Waals surface area (Å²) in [6.45, 7) is 3.09. The van der Waals surface area contributed by atoms with Crippen LogP contribution in [0.1, 0.15) is 22.8 Å². The van der Waals surface area contributed by atoms with Gasteiger partial charge in [0.05, 0.1) is 6.61 Å². The zero-order valence-corrected chi connectivity index (χ0v) is 12.0. The molecule has 0 fully saturated rings. The van der Waals surface area contributed by atoms with Crippen LogP contribution in [0.2, 0.25) is 0 Å². The van der Waals surface area contributed by atoms with Crippen LogP contribution in [0.15, 0.2) is 18.2 Å². The van der Waals surface area contributed by atoms with Crippen molar-refractivity contribution in [2.75, 3.05) is 31.6 Å². The lowest BCUT2D eigenvalue weighted by Gasteiger charge is -2.11. The minimum absolute atomic E-state index is 0.0311. The number of ether oxygens (including phenoxy) is 1. The molecule has 0 aliphatic heterocycles. The number of hydrogen-bond donors (Lipinski definition) is 2. The van der Waals surface area contributed by atoms with Crippen molar-refractivity contribution in [1.29, 1.82) is 0 Å². The molecule has 0 bridgehead atoms. The van der Waals surface area contributed by atoms with E-state index in [0.717, 1.165) is 17.8 Å². The Morgan fingerprint density at radius 1 is 1.33 bits per heavy atom. The van der Waals surface area contributed by atoms with Gasteiger partial charge in [-0.15, -0.1) is 0 Å². The Balaban J connectivity index is 2.42. The van der Waals surface area contributed by atoms with Crippen LogP contribution >= 0.6 is 0 Å². The van der Waals surface area contributed by atoms with Crippen LogP contribution in [0.5, 0.6) is 0 Å². The normalized spacial score (nSPS) is 11.3. The van der Waals surface area contributed by atoms with Gasteiger partial charge in [0.15, 0.2) is 0 Å². The van der Waals surface area contributed by atoms with Gasteiger partial charge in [0.1, 0.15) is 6.61 Å². The molecule has 1 aromatic rings. The average molecular weight is 304 g/mol. The van der Waals surface area contributed by atoms with Gasteiger partial charge in [0.25, 0.3) is 5.91 Å². The maximum atomic E-state index is 11.9. The molecule has 118 valence electrons. The molecule has 0 unspecified atom stereocenters. The fourth-order valence-electron chi connectivity index (χ4n) is 1.75. The number of aryl methyl sites for hydroxylation is 1. The van der Waals surface area contributed by atoms with Crippen molar-refractivity contribution in [2.45, 2.75) is 20.0 Å². The SMILES string of the molecule is CCNc1ccc(C(=O)NCCOCC(F)(F)F)c(C)c1. The van der Waals surface area contributed by atoms with Crippen LogP contribution in [-0.2, 0) is 4.74 Å². The summed E-state index contributed by atoms with van der Waals surface area (Å²) in [7, 11) is 0. The average Bonchev–Trinajstić information content (AvgIpc) is 2.37. The Labute approximate surface area is 121 Å². The van der Waals surface area contributed by atoms with E-state index in [4.69, 9.17) is 0 Å². The number of anilines is 1. The molecule has 4 nitrogen and oxygen atoms in total. The van der Waals surface area contributed by atoms with Gasteiger partial charge >= 0.3 is 6.18 Å². The minimum Gasteiger partial charge on any atom is -0.385 e. The molecule has 0 aliphatic rings. The van der Waals surface area contributed by atoms with Gasteiger partial charge in [-0.1, -0.05) is 0 Å². The highest BCUT2D eigenvalue weighted by Crippen LogP contribution is 2.15. The number of carbonyl (C=O) groups is 1. The van der Waals surface area contributed by atoms with Gasteiger partial charge in [-0.3, -0.25) is 4.79 Å². The van der Waals surface area contributed by atoms with E-state index in [1.165, 1.54) is 0 Å². The summed E-state index contributed by atoms with van der Waals surface area (Å²) < 4.78 is 39.9. The third-order valence-electron chi connectivity index (χ3n) is 2.65. The Morgan fingerprint density at radius 3 is 2.62 bits per heavy atom. The number of amides is 1. The Morgan fingerprint density at radius 2 is 2.05 bits per heavy atom. The zero-order chi connectivity index (χ0) is 15.9. The molecule has 2 N–H and O–H groups in total. The molecule has 1 rings (SSSR count). The first-order valence-electron chi connectivity index (χ1n) is 6.60. The van der Waals surface area contributed by atoms with Crippen LogP contribution < -0.4 is 10.6 Å². The second-order valence-electron chi connectivity index (χ2n) is 4.48. The number of hydrogen-bond acceptors (Lipinski definition) is 3. The zero-order valence-electron chi connectivity index (χ0n) is 12.0. The van der Waals surface area contributed by atoms with Crippen molar-refractivity contribution in [3.8, 4) is 0 Å². The van der Waals surface area contributed by atoms with Gasteiger partial charge in [0.2, 0.25) is 0 Å². The number of benzene rings is 1. The summed E-state index contributed by atoms with van der Waals surface area (Å²) in [6.07, 6.45) is -4.34. The molecular formula is C14H19F3N2O2. The molecule has 0 atom stereocenters. The molecule has 0 saturated carbocycles. The van der Waals surface area contributed by atoms with Crippen molar-refractivity contribution >= 4 is 11.6 Å². The number of alkyl halides is 3. The van der Waals surface area contributed by atoms with Crippen molar-refractivity contribution in [2.24, 2.45) is 0 Å². The first-order chi connectivity index (χ1) is 9.83. The largest absolute Gasteiger partial charge is 0.411 e. The maximum Gasteiger partial charge on any atom is 0.411 e. The molecule has 0 radical (unpaired) electrons. The molecule has 0 heterocycles. The molecule has 1 amide bonds. The quantitative estimate of drug-likeness (QED) is 0.762. The van der Waals surface area contributed by atoms with E-state index in [1.54, 1.807) is 19.1 Å². The molecule has 7 heteroatoms. The second-order valence-corrected chi connectivity index (χ2v) is 4.48. The fraction of sp³-hybridized carbons (Fsp3) is 0.500. The topological polar surface area (TPSA) is 50.4 Å². The Bertz CT molecular complexity index is 476. The van der Waals surface area contributed by atoms with Crippen LogP contribution in [0.3, 0.4) is 0 Å². The molecule has 1 aromatic carbocycles. The highest BCUT2D eigenvalue weighted by atomic mass is 19.4. The first-order valence-corrected chi connectivity index (χ1v) is 6.60. The summed E-state index contributed by atoms with van der Waals surface area (Å²) in [5, 5.41) is 5.66. The Hall–Kier alpha value is -1.76. The van der Waals surface area contributed by atoms with Crippen LogP contribution in [-0.4, -0.2) is 38.4 Å². The minimum atomic E-state index is -4.34. The predicted molar refractivity (Wildman–Crippen MR) is 74.5 cm³/mol. The van der Waals surface area contributed by atoms with Crippen LogP contribution in [0.25, 0.3) is 0 Å². The highest BCUT2D eigenvalue weighted by molar-refractivity contribution is 5.96. The van der Waals surface area contributed by atoms with E-state index >= 15 is 0 Å². The standard InChI is InChI=1S/C14H19F3N2O2/c1-3-18-11-4-5-12(10(2)8-11)13(20)19-6-7-21-9-14(15,16)17/h4-5,8,18H,3,6-7,9H2,1-2H3,(H,19,20). The number of carbonyl (C=O) groups excluding carboxylic acids is 1. The van der Waals surface area contributed by atoms with E-state index in [1.807, 2.05) is 13.0 Å². The number of rotatable bonds is 7. The lowest BCUT2D eigenvalue weighted by atomic mass is 10.1. The van der Waals surface area contributed by atoms with Crippen LogP contribution in [0, 0.1) is 6.92 Å². The number of halogens is 3. The van der Waals surface area contributed by atoms with Gasteiger partial charge in [-0.05, 0) is 37.6 Å². The van der Waals surface area contributed by atoms with Gasteiger partial charge in [0, 0.05) is 24.3 Å². The van der Waals surface area contributed by atoms with Crippen molar-refractivity contribution in [3.05, 3.63) is 29.3 Å². The summed E-state index contributed by atoms with van der Waals surface area (Å²) in [5.41, 5.74) is 2.20. The Kier molecular flexibility index (Phi) is 6.48. The highest BCUT2D eigenvalue weighted by Gasteiger charge is 2.27. The molecule has 0 saturated heterocycles. The van der Waals surface area contributed by atoms with Gasteiger partial charge in [-0.25, -0.2) is 0 Å². The third-order valence-corrected chi connectivity index (χ3v) is 2.65. The lowest BCUT2D eigenvalue weighted by Crippen LogP contribution is -2.29. The van der Waals surface area contributed by atoms with Gasteiger partial charge in [-0.2, -0.15) is 13.2 Å². The summed E-state index contributed by atoms with van der Waals surface area (Å²) in [4.78, 5) is 11.9. The van der Waals surface area contributed by atoms with E-state index in [-0.39, 0.29) is 19.1 Å². The molecular weight excluding hydrogens is 285 g/mol. The lowest BCUT2D eigenvalue weighted by molar-refractivity contribution is -0.173.